The van der Waals surface area contributed by atoms with Crippen LogP contribution in [-0.4, -0.2) is 55.9 Å². The van der Waals surface area contributed by atoms with Gasteiger partial charge in [-0.2, -0.15) is 13.2 Å². The molecule has 2 N–H and O–H groups in total. The van der Waals surface area contributed by atoms with Crippen molar-refractivity contribution < 1.29 is 17.9 Å². The maximum Gasteiger partial charge on any atom is 0.422 e. The van der Waals surface area contributed by atoms with Gasteiger partial charge >= 0.3 is 6.18 Å². The maximum atomic E-state index is 12.2. The highest BCUT2D eigenvalue weighted by Crippen LogP contribution is 2.19. The Kier molecular flexibility index (Phi) is 8.22. The molecule has 1 unspecified atom stereocenters. The molecule has 1 aromatic carbocycles. The molecule has 0 saturated carbocycles. The van der Waals surface area contributed by atoms with Gasteiger partial charge in [0, 0.05) is 19.1 Å². The van der Waals surface area contributed by atoms with Gasteiger partial charge in [0.05, 0.1) is 6.54 Å². The summed E-state index contributed by atoms with van der Waals surface area (Å²) >= 11 is 0. The van der Waals surface area contributed by atoms with Gasteiger partial charge in [-0.15, -0.1) is 0 Å². The third-order valence-corrected chi connectivity index (χ3v) is 4.50. The standard InChI is InChI=1S/C19H29F3N4O/c1-3-23-18(25-13-16-6-5-11-26(16)4-2)24-12-15-7-9-17(10-8-15)27-14-19(20,21)22/h7-10,16H,3-6,11-14H2,1-2H3,(H2,23,24,25). The Bertz CT molecular complexity index is 590. The summed E-state index contributed by atoms with van der Waals surface area (Å²) in [7, 11) is 0. The van der Waals surface area contributed by atoms with E-state index in [-0.39, 0.29) is 5.75 Å². The van der Waals surface area contributed by atoms with Crippen LogP contribution in [0.15, 0.2) is 29.3 Å². The second kappa shape index (κ2) is 10.4. The minimum Gasteiger partial charge on any atom is -0.484 e. The zero-order valence-electron chi connectivity index (χ0n) is 16.0. The molecule has 1 aliphatic heterocycles. The van der Waals surface area contributed by atoms with Gasteiger partial charge < -0.3 is 15.4 Å². The first-order valence-corrected chi connectivity index (χ1v) is 9.46. The van der Waals surface area contributed by atoms with Gasteiger partial charge in [-0.25, -0.2) is 4.99 Å². The van der Waals surface area contributed by atoms with Crippen LogP contribution in [0, 0.1) is 0 Å². The zero-order valence-corrected chi connectivity index (χ0v) is 16.0. The Hall–Kier alpha value is -1.96. The number of alkyl halides is 3. The number of likely N-dealkylation sites (N-methyl/N-ethyl adjacent to an activating group) is 1. The molecular weight excluding hydrogens is 357 g/mol. The van der Waals surface area contributed by atoms with Crippen molar-refractivity contribution in [2.75, 3.05) is 32.8 Å². The molecule has 0 amide bonds. The number of nitrogens with one attached hydrogen (secondary N) is 2. The fourth-order valence-electron chi connectivity index (χ4n) is 3.13. The quantitative estimate of drug-likeness (QED) is 0.532. The van der Waals surface area contributed by atoms with E-state index in [1.807, 2.05) is 6.92 Å². The second-order valence-electron chi connectivity index (χ2n) is 6.55. The first-order valence-electron chi connectivity index (χ1n) is 9.46. The number of halogens is 3. The highest BCUT2D eigenvalue weighted by atomic mass is 19.4. The zero-order chi connectivity index (χ0) is 19.7. The molecule has 152 valence electrons. The molecule has 8 heteroatoms. The van der Waals surface area contributed by atoms with E-state index in [0.717, 1.165) is 37.7 Å². The number of ether oxygens (including phenoxy) is 1. The lowest BCUT2D eigenvalue weighted by atomic mass is 10.2. The molecule has 0 radical (unpaired) electrons. The fourth-order valence-corrected chi connectivity index (χ4v) is 3.13. The summed E-state index contributed by atoms with van der Waals surface area (Å²) in [5.74, 6) is 0.948. The number of likely N-dealkylation sites (tertiary alicyclic amines) is 1. The molecule has 27 heavy (non-hydrogen) atoms. The van der Waals surface area contributed by atoms with Gasteiger partial charge in [0.2, 0.25) is 0 Å². The average Bonchev–Trinajstić information content (AvgIpc) is 3.10. The number of rotatable bonds is 8. The topological polar surface area (TPSA) is 48.9 Å². The molecule has 1 heterocycles. The molecule has 2 rings (SSSR count). The lowest BCUT2D eigenvalue weighted by molar-refractivity contribution is -0.153. The molecule has 5 nitrogen and oxygen atoms in total. The average molecular weight is 386 g/mol. The number of nitrogens with zero attached hydrogens (tertiary/aromatic N) is 2. The van der Waals surface area contributed by atoms with Gasteiger partial charge in [0.15, 0.2) is 12.6 Å². The Morgan fingerprint density at radius 1 is 1.22 bits per heavy atom. The smallest absolute Gasteiger partial charge is 0.422 e. The summed E-state index contributed by atoms with van der Waals surface area (Å²) in [5.41, 5.74) is 0.905. The Labute approximate surface area is 159 Å². The van der Waals surface area contributed by atoms with Gasteiger partial charge in [0.1, 0.15) is 5.75 Å². The van der Waals surface area contributed by atoms with E-state index in [1.54, 1.807) is 12.1 Å². The normalized spacial score (nSPS) is 18.6. The number of hydrogen-bond acceptors (Lipinski definition) is 3. The van der Waals surface area contributed by atoms with Crippen molar-refractivity contribution in [3.63, 3.8) is 0 Å². The van der Waals surface area contributed by atoms with Crippen molar-refractivity contribution in [2.24, 2.45) is 4.99 Å². The van der Waals surface area contributed by atoms with Crippen LogP contribution < -0.4 is 15.4 Å². The molecule has 1 fully saturated rings. The number of aliphatic imine (C=N–C) groups is 1. The van der Waals surface area contributed by atoms with Crippen molar-refractivity contribution in [1.82, 2.24) is 15.5 Å². The molecule has 0 spiro atoms. The van der Waals surface area contributed by atoms with Crippen molar-refractivity contribution in [2.45, 2.75) is 45.5 Å². The van der Waals surface area contributed by atoms with Crippen LogP contribution >= 0.6 is 0 Å². The van der Waals surface area contributed by atoms with Crippen LogP contribution in [0.3, 0.4) is 0 Å². The van der Waals surface area contributed by atoms with Crippen LogP contribution in [0.5, 0.6) is 5.75 Å². The molecule has 0 aromatic heterocycles. The summed E-state index contributed by atoms with van der Waals surface area (Å²) in [5, 5.41) is 6.62. The molecular formula is C19H29F3N4O. The highest BCUT2D eigenvalue weighted by molar-refractivity contribution is 5.79. The summed E-state index contributed by atoms with van der Waals surface area (Å²) in [6, 6.07) is 7.07. The van der Waals surface area contributed by atoms with E-state index in [1.165, 1.54) is 25.0 Å². The van der Waals surface area contributed by atoms with Crippen molar-refractivity contribution in [1.29, 1.82) is 0 Å². The maximum absolute atomic E-state index is 12.2. The van der Waals surface area contributed by atoms with Crippen LogP contribution in [0.25, 0.3) is 0 Å². The first kappa shape index (κ1) is 21.3. The predicted octanol–water partition coefficient (Wildman–Crippen LogP) is 3.17. The van der Waals surface area contributed by atoms with Crippen molar-refractivity contribution >= 4 is 5.96 Å². The minimum atomic E-state index is -4.33. The Balaban J connectivity index is 1.86. The van der Waals surface area contributed by atoms with Gasteiger partial charge in [-0.05, 0) is 50.6 Å². The van der Waals surface area contributed by atoms with Gasteiger partial charge in [-0.3, -0.25) is 4.90 Å². The monoisotopic (exact) mass is 386 g/mol. The molecule has 0 aliphatic carbocycles. The largest absolute Gasteiger partial charge is 0.484 e. The van der Waals surface area contributed by atoms with E-state index in [9.17, 15) is 13.2 Å². The highest BCUT2D eigenvalue weighted by Gasteiger charge is 2.28. The summed E-state index contributed by atoms with van der Waals surface area (Å²) in [6.45, 7) is 7.17. The van der Waals surface area contributed by atoms with E-state index >= 15 is 0 Å². The minimum absolute atomic E-state index is 0.200. The first-order chi connectivity index (χ1) is 12.9. The van der Waals surface area contributed by atoms with Crippen LogP contribution in [0.4, 0.5) is 13.2 Å². The van der Waals surface area contributed by atoms with Crippen LogP contribution in [-0.2, 0) is 6.54 Å². The summed E-state index contributed by atoms with van der Waals surface area (Å²) in [6.07, 6.45) is -1.90. The molecule has 1 atom stereocenters. The molecule has 1 aromatic rings. The van der Waals surface area contributed by atoms with E-state index in [2.05, 4.69) is 27.4 Å². The third kappa shape index (κ3) is 7.66. The van der Waals surface area contributed by atoms with Crippen molar-refractivity contribution in [3.05, 3.63) is 29.8 Å². The fraction of sp³-hybridized carbons (Fsp3) is 0.632. The van der Waals surface area contributed by atoms with E-state index < -0.39 is 12.8 Å². The van der Waals surface area contributed by atoms with Crippen LogP contribution in [0.1, 0.15) is 32.3 Å². The number of guanidine groups is 1. The Morgan fingerprint density at radius 3 is 2.59 bits per heavy atom. The summed E-state index contributed by atoms with van der Waals surface area (Å²) < 4.78 is 41.2. The number of benzene rings is 1. The summed E-state index contributed by atoms with van der Waals surface area (Å²) in [4.78, 5) is 7.03. The van der Waals surface area contributed by atoms with Gasteiger partial charge in [-0.1, -0.05) is 19.1 Å². The molecule has 1 aliphatic rings. The predicted molar refractivity (Wildman–Crippen MR) is 101 cm³/mol. The van der Waals surface area contributed by atoms with Crippen LogP contribution in [0.2, 0.25) is 0 Å². The SMILES string of the molecule is CCNC(=NCc1ccc(OCC(F)(F)F)cc1)NCC1CCCN1CC. The lowest BCUT2D eigenvalue weighted by Crippen LogP contribution is -2.44. The van der Waals surface area contributed by atoms with Crippen molar-refractivity contribution in [3.8, 4) is 5.75 Å². The lowest BCUT2D eigenvalue weighted by Gasteiger charge is -2.24. The van der Waals surface area contributed by atoms with Gasteiger partial charge in [0.25, 0.3) is 0 Å². The second-order valence-corrected chi connectivity index (χ2v) is 6.55. The number of hydrogen-bond donors (Lipinski definition) is 2. The Morgan fingerprint density at radius 2 is 1.96 bits per heavy atom. The molecule has 1 saturated heterocycles. The molecule has 0 bridgehead atoms. The van der Waals surface area contributed by atoms with E-state index in [4.69, 9.17) is 4.74 Å². The van der Waals surface area contributed by atoms with E-state index in [0.29, 0.717) is 12.6 Å². The third-order valence-electron chi connectivity index (χ3n) is 4.50.